The van der Waals surface area contributed by atoms with Crippen LogP contribution in [0.25, 0.3) is 0 Å². The monoisotopic (exact) mass is 272 g/mol. The second-order valence-corrected chi connectivity index (χ2v) is 4.28. The number of carboxylic acids is 1. The molecule has 2 amide bonds. The van der Waals surface area contributed by atoms with Crippen molar-refractivity contribution in [2.45, 2.75) is 19.9 Å². The second kappa shape index (κ2) is 6.12. The summed E-state index contributed by atoms with van der Waals surface area (Å²) in [7, 11) is 0. The number of halogens is 2. The fourth-order valence-corrected chi connectivity index (χ4v) is 1.40. The molecule has 0 unspecified atom stereocenters. The predicted molar refractivity (Wildman–Crippen MR) is 64.8 cm³/mol. The van der Waals surface area contributed by atoms with Gasteiger partial charge in [-0.1, -0.05) is 13.8 Å². The van der Waals surface area contributed by atoms with E-state index >= 15 is 0 Å². The molecule has 0 radical (unpaired) electrons. The van der Waals surface area contributed by atoms with E-state index in [1.807, 2.05) is 0 Å². The van der Waals surface area contributed by atoms with E-state index < -0.39 is 29.7 Å². The van der Waals surface area contributed by atoms with Gasteiger partial charge in [0.1, 0.15) is 17.7 Å². The zero-order chi connectivity index (χ0) is 14.6. The number of anilines is 1. The number of carboxylic acid groups (broad SMARTS) is 1. The third-order valence-corrected chi connectivity index (χ3v) is 2.40. The van der Waals surface area contributed by atoms with E-state index in [1.54, 1.807) is 13.8 Å². The molecule has 0 bridgehead atoms. The Morgan fingerprint density at radius 3 is 2.37 bits per heavy atom. The third kappa shape index (κ3) is 4.20. The largest absolute Gasteiger partial charge is 0.480 e. The molecule has 0 aliphatic carbocycles. The van der Waals surface area contributed by atoms with Gasteiger partial charge in [0.15, 0.2) is 0 Å². The number of hydrogen-bond donors (Lipinski definition) is 3. The Hall–Kier alpha value is -2.18. The molecule has 5 nitrogen and oxygen atoms in total. The molecule has 0 saturated heterocycles. The number of rotatable bonds is 4. The van der Waals surface area contributed by atoms with Crippen molar-refractivity contribution in [3.63, 3.8) is 0 Å². The molecule has 104 valence electrons. The molecule has 0 aliphatic rings. The van der Waals surface area contributed by atoms with Crippen LogP contribution in [-0.2, 0) is 4.79 Å². The summed E-state index contributed by atoms with van der Waals surface area (Å²) in [6, 6.07) is 0.688. The van der Waals surface area contributed by atoms with Crippen LogP contribution in [0.4, 0.5) is 19.3 Å². The topological polar surface area (TPSA) is 78.4 Å². The van der Waals surface area contributed by atoms with Crippen molar-refractivity contribution in [1.29, 1.82) is 0 Å². The zero-order valence-corrected chi connectivity index (χ0v) is 10.4. The molecular formula is C12H14F2N2O3. The maximum atomic E-state index is 13.3. The number of benzene rings is 1. The summed E-state index contributed by atoms with van der Waals surface area (Å²) in [6.07, 6.45) is 0. The minimum Gasteiger partial charge on any atom is -0.480 e. The van der Waals surface area contributed by atoms with Crippen LogP contribution >= 0.6 is 0 Å². The smallest absolute Gasteiger partial charge is 0.326 e. The van der Waals surface area contributed by atoms with Gasteiger partial charge in [0, 0.05) is 6.07 Å². The number of nitrogens with one attached hydrogen (secondary N) is 2. The van der Waals surface area contributed by atoms with Crippen LogP contribution < -0.4 is 10.6 Å². The van der Waals surface area contributed by atoms with Gasteiger partial charge in [-0.25, -0.2) is 18.4 Å². The first-order valence-corrected chi connectivity index (χ1v) is 5.56. The Kier molecular flexibility index (Phi) is 4.80. The van der Waals surface area contributed by atoms with Gasteiger partial charge >= 0.3 is 12.0 Å². The molecule has 3 N–H and O–H groups in total. The first-order valence-electron chi connectivity index (χ1n) is 5.56. The van der Waals surface area contributed by atoms with Crippen molar-refractivity contribution in [3.8, 4) is 0 Å². The van der Waals surface area contributed by atoms with Crippen molar-refractivity contribution >= 4 is 17.7 Å². The third-order valence-electron chi connectivity index (χ3n) is 2.40. The number of carbonyl (C=O) groups excluding carboxylic acids is 1. The number of urea groups is 1. The number of amides is 2. The van der Waals surface area contributed by atoms with Crippen LogP contribution in [0.5, 0.6) is 0 Å². The molecule has 0 fully saturated rings. The van der Waals surface area contributed by atoms with E-state index in [0.717, 1.165) is 12.1 Å². The molecule has 0 aliphatic heterocycles. The summed E-state index contributed by atoms with van der Waals surface area (Å²) in [5.41, 5.74) is -0.230. The molecule has 1 rings (SSSR count). The molecule has 0 spiro atoms. The highest BCUT2D eigenvalue weighted by Crippen LogP contribution is 2.14. The number of aliphatic carboxylic acids is 1. The van der Waals surface area contributed by atoms with Crippen LogP contribution in [0.2, 0.25) is 0 Å². The molecule has 1 aromatic carbocycles. The van der Waals surface area contributed by atoms with Crippen molar-refractivity contribution in [3.05, 3.63) is 29.8 Å². The zero-order valence-electron chi connectivity index (χ0n) is 10.4. The summed E-state index contributed by atoms with van der Waals surface area (Å²) in [5.74, 6) is -3.23. The van der Waals surface area contributed by atoms with Gasteiger partial charge in [0.05, 0.1) is 5.69 Å². The molecule has 19 heavy (non-hydrogen) atoms. The molecule has 0 saturated carbocycles. The fraction of sp³-hybridized carbons (Fsp3) is 0.333. The quantitative estimate of drug-likeness (QED) is 0.786. The Morgan fingerprint density at radius 2 is 1.89 bits per heavy atom. The van der Waals surface area contributed by atoms with Gasteiger partial charge in [-0.05, 0) is 18.1 Å². The lowest BCUT2D eigenvalue weighted by molar-refractivity contribution is -0.140. The van der Waals surface area contributed by atoms with Gasteiger partial charge < -0.3 is 15.7 Å². The van der Waals surface area contributed by atoms with E-state index in [2.05, 4.69) is 10.6 Å². The maximum absolute atomic E-state index is 13.3. The van der Waals surface area contributed by atoms with E-state index in [4.69, 9.17) is 5.11 Å². The highest BCUT2D eigenvalue weighted by atomic mass is 19.1. The minimum absolute atomic E-state index is 0.230. The molecule has 0 aromatic heterocycles. The SMILES string of the molecule is CC(C)[C@H](NC(=O)Nc1ccc(F)cc1F)C(=O)O. The number of hydrogen-bond acceptors (Lipinski definition) is 2. The van der Waals surface area contributed by atoms with Gasteiger partial charge in [0.2, 0.25) is 0 Å². The second-order valence-electron chi connectivity index (χ2n) is 4.28. The summed E-state index contributed by atoms with van der Waals surface area (Å²) in [6.45, 7) is 3.25. The highest BCUT2D eigenvalue weighted by molar-refractivity contribution is 5.92. The Labute approximate surface area is 108 Å². The Morgan fingerprint density at radius 1 is 1.26 bits per heavy atom. The molecule has 0 heterocycles. The van der Waals surface area contributed by atoms with Crippen LogP contribution in [0.1, 0.15) is 13.8 Å². The Bertz CT molecular complexity index is 492. The summed E-state index contributed by atoms with van der Waals surface area (Å²) < 4.78 is 25.9. The van der Waals surface area contributed by atoms with E-state index in [1.165, 1.54) is 0 Å². The summed E-state index contributed by atoms with van der Waals surface area (Å²) in [5, 5.41) is 13.2. The molecular weight excluding hydrogens is 258 g/mol. The number of carbonyl (C=O) groups is 2. The van der Waals surface area contributed by atoms with Crippen LogP contribution in [-0.4, -0.2) is 23.1 Å². The normalized spacial score (nSPS) is 12.1. The molecule has 1 aromatic rings. The van der Waals surface area contributed by atoms with Crippen molar-refractivity contribution < 1.29 is 23.5 Å². The molecule has 1 atom stereocenters. The van der Waals surface area contributed by atoms with Gasteiger partial charge in [0.25, 0.3) is 0 Å². The lowest BCUT2D eigenvalue weighted by Crippen LogP contribution is -2.46. The van der Waals surface area contributed by atoms with Gasteiger partial charge in [-0.15, -0.1) is 0 Å². The van der Waals surface area contributed by atoms with Crippen molar-refractivity contribution in [1.82, 2.24) is 5.32 Å². The summed E-state index contributed by atoms with van der Waals surface area (Å²) in [4.78, 5) is 22.4. The average Bonchev–Trinajstić information content (AvgIpc) is 2.29. The minimum atomic E-state index is -1.19. The van der Waals surface area contributed by atoms with Gasteiger partial charge in [-0.3, -0.25) is 0 Å². The van der Waals surface area contributed by atoms with Crippen molar-refractivity contribution in [2.24, 2.45) is 5.92 Å². The van der Waals surface area contributed by atoms with E-state index in [9.17, 15) is 18.4 Å². The van der Waals surface area contributed by atoms with E-state index in [0.29, 0.717) is 6.07 Å². The fourth-order valence-electron chi connectivity index (χ4n) is 1.40. The Balaban J connectivity index is 2.72. The first kappa shape index (κ1) is 14.9. The van der Waals surface area contributed by atoms with Crippen LogP contribution in [0.15, 0.2) is 18.2 Å². The van der Waals surface area contributed by atoms with E-state index in [-0.39, 0.29) is 11.6 Å². The standard InChI is InChI=1S/C12H14F2N2O3/c1-6(2)10(11(17)18)16-12(19)15-9-4-3-7(13)5-8(9)14/h3-6,10H,1-2H3,(H,17,18)(H2,15,16,19)/t10-/m0/s1. The highest BCUT2D eigenvalue weighted by Gasteiger charge is 2.23. The van der Waals surface area contributed by atoms with Crippen LogP contribution in [0, 0.1) is 17.6 Å². The lowest BCUT2D eigenvalue weighted by atomic mass is 10.1. The lowest BCUT2D eigenvalue weighted by Gasteiger charge is -2.18. The molecule has 7 heteroatoms. The predicted octanol–water partition coefficient (Wildman–Crippen LogP) is 2.20. The first-order chi connectivity index (χ1) is 8.81. The van der Waals surface area contributed by atoms with Gasteiger partial charge in [-0.2, -0.15) is 0 Å². The summed E-state index contributed by atoms with van der Waals surface area (Å²) >= 11 is 0. The maximum Gasteiger partial charge on any atom is 0.326 e. The van der Waals surface area contributed by atoms with Crippen LogP contribution in [0.3, 0.4) is 0 Å². The average molecular weight is 272 g/mol. The van der Waals surface area contributed by atoms with Crippen molar-refractivity contribution in [2.75, 3.05) is 5.32 Å².